The van der Waals surface area contributed by atoms with E-state index >= 15 is 0 Å². The average molecular weight is 909 g/mol. The smallest absolute Gasteiger partial charge is 0.0540 e. The molecule has 0 saturated heterocycles. The molecule has 0 fully saturated rings. The highest BCUT2D eigenvalue weighted by molar-refractivity contribution is 5.97. The van der Waals surface area contributed by atoms with Gasteiger partial charge in [0.2, 0.25) is 0 Å². The summed E-state index contributed by atoms with van der Waals surface area (Å²) < 4.78 is 0. The minimum Gasteiger partial charge on any atom is -0.311 e. The van der Waals surface area contributed by atoms with Crippen molar-refractivity contribution in [2.75, 3.05) is 9.80 Å². The number of hydrogen-bond donors (Lipinski definition) is 0. The lowest BCUT2D eigenvalue weighted by Gasteiger charge is -2.30. The predicted octanol–water partition coefficient (Wildman–Crippen LogP) is 19.3. The van der Waals surface area contributed by atoms with Gasteiger partial charge < -0.3 is 9.80 Å². The Hall–Kier alpha value is -8.98. The van der Waals surface area contributed by atoms with Gasteiger partial charge in [-0.1, -0.05) is 214 Å². The lowest BCUT2D eigenvalue weighted by molar-refractivity contribution is 0.660. The van der Waals surface area contributed by atoms with E-state index in [2.05, 4.69) is 303 Å². The zero-order valence-electron chi connectivity index (χ0n) is 40.0. The lowest BCUT2D eigenvalue weighted by atomic mass is 9.82. The molecule has 0 saturated carbocycles. The zero-order chi connectivity index (χ0) is 47.7. The van der Waals surface area contributed by atoms with Crippen molar-refractivity contribution in [3.05, 3.63) is 290 Å². The highest BCUT2D eigenvalue weighted by Gasteiger charge is 2.36. The minimum absolute atomic E-state index is 0.139. The average Bonchev–Trinajstić information content (AvgIpc) is 3.67. The second-order valence-electron chi connectivity index (χ2n) is 18.9. The molecular formula is C69H52N2. The Morgan fingerprint density at radius 3 is 1.06 bits per heavy atom. The van der Waals surface area contributed by atoms with Crippen molar-refractivity contribution in [3.63, 3.8) is 0 Å². The maximum Gasteiger partial charge on any atom is 0.0540 e. The van der Waals surface area contributed by atoms with Crippen molar-refractivity contribution in [3.8, 4) is 66.8 Å². The van der Waals surface area contributed by atoms with Gasteiger partial charge in [-0.15, -0.1) is 0 Å². The number of hydrogen-bond acceptors (Lipinski definition) is 2. The van der Waals surface area contributed by atoms with Crippen molar-refractivity contribution in [1.29, 1.82) is 0 Å². The number of para-hydroxylation sites is 3. The van der Waals surface area contributed by atoms with E-state index in [1.54, 1.807) is 0 Å². The highest BCUT2D eigenvalue weighted by atomic mass is 15.1. The van der Waals surface area contributed by atoms with Crippen LogP contribution in [0.2, 0.25) is 0 Å². The second-order valence-corrected chi connectivity index (χ2v) is 18.9. The van der Waals surface area contributed by atoms with E-state index in [4.69, 9.17) is 0 Å². The third kappa shape index (κ3) is 8.10. The van der Waals surface area contributed by atoms with Gasteiger partial charge in [0.05, 0.1) is 5.69 Å². The summed E-state index contributed by atoms with van der Waals surface area (Å²) in [6, 6.07) is 102. The Labute approximate surface area is 418 Å². The van der Waals surface area contributed by atoms with Gasteiger partial charge >= 0.3 is 0 Å². The fourth-order valence-corrected chi connectivity index (χ4v) is 10.8. The molecule has 338 valence electrons. The van der Waals surface area contributed by atoms with Crippen molar-refractivity contribution in [2.45, 2.75) is 19.3 Å². The molecule has 11 aromatic carbocycles. The Bertz CT molecular complexity index is 3580. The second kappa shape index (κ2) is 18.5. The van der Waals surface area contributed by atoms with E-state index in [0.29, 0.717) is 0 Å². The van der Waals surface area contributed by atoms with Crippen molar-refractivity contribution in [1.82, 2.24) is 0 Å². The molecule has 0 unspecified atom stereocenters. The standard InChI is InChI=1S/C69H52N2/c1-69(2)66-34-20-18-33-60(66)61-45-44-58(46-67(61)69)71(68-35-21-19-32-59(68)49-22-8-3-9-23-49)57-42-38-53(39-43-57)65-48-62(50-24-10-4-11-25-50)64(47-63(65)51-26-12-5-13-27-51)52-36-40-56(41-37-52)70(54-28-14-6-15-29-54)55-30-16-7-17-31-55/h3-48H,1-2H3. The minimum atomic E-state index is -0.139. The summed E-state index contributed by atoms with van der Waals surface area (Å²) in [5.41, 5.74) is 23.6. The van der Waals surface area contributed by atoms with Gasteiger partial charge in [0.1, 0.15) is 0 Å². The van der Waals surface area contributed by atoms with E-state index in [-0.39, 0.29) is 5.41 Å². The van der Waals surface area contributed by atoms with Gasteiger partial charge in [0.15, 0.2) is 0 Å². The van der Waals surface area contributed by atoms with Crippen LogP contribution >= 0.6 is 0 Å². The van der Waals surface area contributed by atoms with Crippen LogP contribution in [0.1, 0.15) is 25.0 Å². The van der Waals surface area contributed by atoms with Gasteiger partial charge in [-0.05, 0) is 151 Å². The molecule has 0 amide bonds. The van der Waals surface area contributed by atoms with Crippen LogP contribution in [-0.4, -0.2) is 0 Å². The molecule has 2 nitrogen and oxygen atoms in total. The molecule has 2 heteroatoms. The van der Waals surface area contributed by atoms with Crippen molar-refractivity contribution < 1.29 is 0 Å². The number of benzene rings is 11. The molecule has 0 N–H and O–H groups in total. The van der Waals surface area contributed by atoms with E-state index in [0.717, 1.165) is 45.3 Å². The summed E-state index contributed by atoms with van der Waals surface area (Å²) >= 11 is 0. The van der Waals surface area contributed by atoms with Gasteiger partial charge in [-0.3, -0.25) is 0 Å². The predicted molar refractivity (Wildman–Crippen MR) is 301 cm³/mol. The summed E-state index contributed by atoms with van der Waals surface area (Å²) in [6.07, 6.45) is 0. The third-order valence-corrected chi connectivity index (χ3v) is 14.3. The topological polar surface area (TPSA) is 6.48 Å². The molecule has 12 rings (SSSR count). The Morgan fingerprint density at radius 1 is 0.225 bits per heavy atom. The van der Waals surface area contributed by atoms with Crippen LogP contribution in [0, 0.1) is 0 Å². The van der Waals surface area contributed by atoms with Crippen molar-refractivity contribution in [2.24, 2.45) is 0 Å². The van der Waals surface area contributed by atoms with E-state index < -0.39 is 0 Å². The quantitative estimate of drug-likeness (QED) is 0.128. The molecule has 0 heterocycles. The Morgan fingerprint density at radius 2 is 0.563 bits per heavy atom. The van der Waals surface area contributed by atoms with Crippen LogP contribution in [0.4, 0.5) is 34.1 Å². The number of fused-ring (bicyclic) bond motifs is 3. The Kier molecular flexibility index (Phi) is 11.3. The first-order valence-corrected chi connectivity index (χ1v) is 24.6. The third-order valence-electron chi connectivity index (χ3n) is 14.3. The molecule has 0 bridgehead atoms. The molecule has 0 spiro atoms. The normalized spacial score (nSPS) is 12.2. The summed E-state index contributed by atoms with van der Waals surface area (Å²) in [6.45, 7) is 4.72. The van der Waals surface area contributed by atoms with Gasteiger partial charge in [-0.25, -0.2) is 0 Å². The van der Waals surface area contributed by atoms with Crippen LogP contribution in [0.5, 0.6) is 0 Å². The Balaban J connectivity index is 0.999. The molecule has 0 atom stereocenters. The molecule has 71 heavy (non-hydrogen) atoms. The first-order valence-electron chi connectivity index (χ1n) is 24.6. The van der Waals surface area contributed by atoms with E-state index in [9.17, 15) is 0 Å². The molecule has 1 aliphatic carbocycles. The van der Waals surface area contributed by atoms with Crippen LogP contribution in [-0.2, 0) is 5.41 Å². The first-order chi connectivity index (χ1) is 35.0. The van der Waals surface area contributed by atoms with Crippen LogP contribution in [0.15, 0.2) is 279 Å². The fraction of sp³-hybridized carbons (Fsp3) is 0.0435. The summed E-state index contributed by atoms with van der Waals surface area (Å²) in [4.78, 5) is 4.76. The number of anilines is 6. The number of nitrogens with zero attached hydrogens (tertiary/aromatic N) is 2. The molecule has 11 aromatic rings. The van der Waals surface area contributed by atoms with Crippen molar-refractivity contribution >= 4 is 34.1 Å². The van der Waals surface area contributed by atoms with E-state index in [1.165, 1.54) is 66.8 Å². The molecular weight excluding hydrogens is 857 g/mol. The number of rotatable bonds is 11. The van der Waals surface area contributed by atoms with Crippen LogP contribution in [0.3, 0.4) is 0 Å². The van der Waals surface area contributed by atoms with Gasteiger partial charge in [0.25, 0.3) is 0 Å². The zero-order valence-corrected chi connectivity index (χ0v) is 40.0. The fourth-order valence-electron chi connectivity index (χ4n) is 10.8. The summed E-state index contributed by atoms with van der Waals surface area (Å²) in [7, 11) is 0. The summed E-state index contributed by atoms with van der Waals surface area (Å²) in [5.74, 6) is 0. The van der Waals surface area contributed by atoms with Crippen LogP contribution in [0.25, 0.3) is 66.8 Å². The molecule has 1 aliphatic rings. The lowest BCUT2D eigenvalue weighted by Crippen LogP contribution is -2.16. The van der Waals surface area contributed by atoms with Gasteiger partial charge in [0, 0.05) is 39.4 Å². The largest absolute Gasteiger partial charge is 0.311 e. The van der Waals surface area contributed by atoms with Crippen LogP contribution < -0.4 is 9.80 Å². The first kappa shape index (κ1) is 43.3. The maximum absolute atomic E-state index is 2.45. The summed E-state index contributed by atoms with van der Waals surface area (Å²) in [5, 5.41) is 0. The molecule has 0 radical (unpaired) electrons. The highest BCUT2D eigenvalue weighted by Crippen LogP contribution is 2.52. The monoisotopic (exact) mass is 908 g/mol. The van der Waals surface area contributed by atoms with Gasteiger partial charge in [-0.2, -0.15) is 0 Å². The molecule has 0 aliphatic heterocycles. The SMILES string of the molecule is CC1(C)c2ccccc2-c2ccc(N(c3ccc(-c4cc(-c5ccccc5)c(-c5ccc(N(c6ccccc6)c6ccccc6)cc5)cc4-c4ccccc4)cc3)c3ccccc3-c3ccccc3)cc21. The maximum atomic E-state index is 2.45. The molecule has 0 aromatic heterocycles. The van der Waals surface area contributed by atoms with E-state index in [1.807, 2.05) is 0 Å².